The lowest BCUT2D eigenvalue weighted by atomic mass is 9.98. The standard InChI is InChI=1S/C10H20N2S/c1-3-11-10(13)12-7-9-6-4-5-8(9)2/h8-9H,3-7H2,1-2H3,(H2,11,12,13). The smallest absolute Gasteiger partial charge is 0.166 e. The molecule has 2 atom stereocenters. The van der Waals surface area contributed by atoms with Crippen LogP contribution in [0.4, 0.5) is 0 Å². The second-order valence-corrected chi connectivity index (χ2v) is 4.32. The summed E-state index contributed by atoms with van der Waals surface area (Å²) in [6, 6.07) is 0. The minimum Gasteiger partial charge on any atom is -0.363 e. The lowest BCUT2D eigenvalue weighted by molar-refractivity contribution is 0.414. The van der Waals surface area contributed by atoms with Crippen molar-refractivity contribution in [3.63, 3.8) is 0 Å². The first-order valence-electron chi connectivity index (χ1n) is 5.25. The van der Waals surface area contributed by atoms with Crippen molar-refractivity contribution in [1.29, 1.82) is 0 Å². The number of hydrogen-bond acceptors (Lipinski definition) is 1. The molecule has 2 nitrogen and oxygen atoms in total. The monoisotopic (exact) mass is 200 g/mol. The van der Waals surface area contributed by atoms with Crippen molar-refractivity contribution in [1.82, 2.24) is 10.6 Å². The first-order chi connectivity index (χ1) is 6.24. The highest BCUT2D eigenvalue weighted by Crippen LogP contribution is 2.30. The summed E-state index contributed by atoms with van der Waals surface area (Å²) in [6.07, 6.45) is 4.14. The third-order valence-corrected chi connectivity index (χ3v) is 3.19. The van der Waals surface area contributed by atoms with Gasteiger partial charge in [-0.3, -0.25) is 0 Å². The molecular formula is C10H20N2S. The van der Waals surface area contributed by atoms with Gasteiger partial charge in [0, 0.05) is 13.1 Å². The zero-order chi connectivity index (χ0) is 9.68. The fourth-order valence-electron chi connectivity index (χ4n) is 1.97. The van der Waals surface area contributed by atoms with Crippen molar-refractivity contribution in [3.05, 3.63) is 0 Å². The first kappa shape index (κ1) is 10.8. The van der Waals surface area contributed by atoms with Crippen molar-refractivity contribution in [3.8, 4) is 0 Å². The SMILES string of the molecule is CCNC(=S)NCC1CCCC1C. The van der Waals surface area contributed by atoms with Crippen LogP contribution in [0, 0.1) is 11.8 Å². The van der Waals surface area contributed by atoms with Crippen molar-refractivity contribution in [2.24, 2.45) is 11.8 Å². The van der Waals surface area contributed by atoms with E-state index in [-0.39, 0.29) is 0 Å². The molecule has 0 spiro atoms. The van der Waals surface area contributed by atoms with Crippen molar-refractivity contribution in [2.45, 2.75) is 33.1 Å². The van der Waals surface area contributed by atoms with Crippen LogP contribution < -0.4 is 10.6 Å². The topological polar surface area (TPSA) is 24.1 Å². The highest BCUT2D eigenvalue weighted by Gasteiger charge is 2.22. The summed E-state index contributed by atoms with van der Waals surface area (Å²) in [6.45, 7) is 6.36. The third kappa shape index (κ3) is 3.51. The molecule has 3 heteroatoms. The van der Waals surface area contributed by atoms with Crippen LogP contribution in [-0.4, -0.2) is 18.2 Å². The van der Waals surface area contributed by atoms with Crippen LogP contribution in [0.3, 0.4) is 0 Å². The van der Waals surface area contributed by atoms with Crippen molar-refractivity contribution in [2.75, 3.05) is 13.1 Å². The molecule has 0 heterocycles. The van der Waals surface area contributed by atoms with E-state index >= 15 is 0 Å². The molecule has 0 radical (unpaired) electrons. The second-order valence-electron chi connectivity index (χ2n) is 3.91. The molecule has 13 heavy (non-hydrogen) atoms. The lowest BCUT2D eigenvalue weighted by Gasteiger charge is -2.17. The van der Waals surface area contributed by atoms with Crippen LogP contribution in [0.2, 0.25) is 0 Å². The van der Waals surface area contributed by atoms with E-state index in [1.165, 1.54) is 19.3 Å². The van der Waals surface area contributed by atoms with E-state index in [2.05, 4.69) is 24.5 Å². The molecule has 0 amide bonds. The minimum atomic E-state index is 0.807. The van der Waals surface area contributed by atoms with Crippen molar-refractivity contribution < 1.29 is 0 Å². The van der Waals surface area contributed by atoms with Gasteiger partial charge < -0.3 is 10.6 Å². The number of nitrogens with one attached hydrogen (secondary N) is 2. The van der Waals surface area contributed by atoms with E-state index in [1.807, 2.05) is 0 Å². The Hall–Kier alpha value is -0.310. The summed E-state index contributed by atoms with van der Waals surface area (Å²) >= 11 is 5.10. The fourth-order valence-corrected chi connectivity index (χ4v) is 2.20. The second kappa shape index (κ2) is 5.43. The maximum Gasteiger partial charge on any atom is 0.166 e. The van der Waals surface area contributed by atoms with E-state index < -0.39 is 0 Å². The van der Waals surface area contributed by atoms with E-state index in [1.54, 1.807) is 0 Å². The van der Waals surface area contributed by atoms with Crippen molar-refractivity contribution >= 4 is 17.3 Å². The number of thiocarbonyl (C=S) groups is 1. The summed E-state index contributed by atoms with van der Waals surface area (Å²) in [5.41, 5.74) is 0. The first-order valence-corrected chi connectivity index (χ1v) is 5.66. The van der Waals surface area contributed by atoms with Crippen LogP contribution in [0.1, 0.15) is 33.1 Å². The number of hydrogen-bond donors (Lipinski definition) is 2. The molecule has 1 aliphatic rings. The molecular weight excluding hydrogens is 180 g/mol. The zero-order valence-corrected chi connectivity index (χ0v) is 9.41. The Balaban J connectivity index is 2.14. The molecule has 0 aromatic heterocycles. The quantitative estimate of drug-likeness (QED) is 0.681. The molecule has 1 rings (SSSR count). The predicted octanol–water partition coefficient (Wildman–Crippen LogP) is 1.91. The maximum absolute atomic E-state index is 5.10. The van der Waals surface area contributed by atoms with Crippen LogP contribution >= 0.6 is 12.2 Å². The average molecular weight is 200 g/mol. The Morgan fingerprint density at radius 3 is 2.69 bits per heavy atom. The van der Waals surface area contributed by atoms with Crippen LogP contribution in [0.25, 0.3) is 0 Å². The summed E-state index contributed by atoms with van der Waals surface area (Å²) < 4.78 is 0. The molecule has 0 bridgehead atoms. The molecule has 0 aromatic rings. The molecule has 76 valence electrons. The van der Waals surface area contributed by atoms with Gasteiger partial charge in [0.15, 0.2) is 5.11 Å². The molecule has 0 aromatic carbocycles. The zero-order valence-electron chi connectivity index (χ0n) is 8.60. The van der Waals surface area contributed by atoms with Gasteiger partial charge in [-0.2, -0.15) is 0 Å². The Morgan fingerprint density at radius 1 is 1.38 bits per heavy atom. The van der Waals surface area contributed by atoms with E-state index in [0.717, 1.165) is 30.0 Å². The molecule has 1 aliphatic carbocycles. The highest BCUT2D eigenvalue weighted by molar-refractivity contribution is 7.80. The van der Waals surface area contributed by atoms with Gasteiger partial charge in [-0.05, 0) is 37.4 Å². The molecule has 1 saturated carbocycles. The van der Waals surface area contributed by atoms with Gasteiger partial charge in [0.25, 0.3) is 0 Å². The van der Waals surface area contributed by atoms with Gasteiger partial charge in [0.1, 0.15) is 0 Å². The normalized spacial score (nSPS) is 27.2. The molecule has 0 aliphatic heterocycles. The van der Waals surface area contributed by atoms with Crippen LogP contribution in [0.15, 0.2) is 0 Å². The molecule has 1 fully saturated rings. The van der Waals surface area contributed by atoms with Gasteiger partial charge in [-0.25, -0.2) is 0 Å². The predicted molar refractivity (Wildman–Crippen MR) is 60.8 cm³/mol. The van der Waals surface area contributed by atoms with Gasteiger partial charge in [-0.1, -0.05) is 19.8 Å². The number of rotatable bonds is 3. The highest BCUT2D eigenvalue weighted by atomic mass is 32.1. The fraction of sp³-hybridized carbons (Fsp3) is 0.900. The Morgan fingerprint density at radius 2 is 2.15 bits per heavy atom. The van der Waals surface area contributed by atoms with Gasteiger partial charge in [-0.15, -0.1) is 0 Å². The summed E-state index contributed by atoms with van der Waals surface area (Å²) in [5, 5.41) is 7.19. The largest absolute Gasteiger partial charge is 0.363 e. The average Bonchev–Trinajstić information content (AvgIpc) is 2.48. The van der Waals surface area contributed by atoms with E-state index in [0.29, 0.717) is 0 Å². The Kier molecular flexibility index (Phi) is 4.50. The molecule has 2 unspecified atom stereocenters. The Bertz CT molecular complexity index is 170. The molecule has 2 N–H and O–H groups in total. The summed E-state index contributed by atoms with van der Waals surface area (Å²) in [4.78, 5) is 0. The third-order valence-electron chi connectivity index (χ3n) is 2.90. The van der Waals surface area contributed by atoms with Gasteiger partial charge in [0.05, 0.1) is 0 Å². The van der Waals surface area contributed by atoms with Crippen LogP contribution in [-0.2, 0) is 0 Å². The van der Waals surface area contributed by atoms with Gasteiger partial charge >= 0.3 is 0 Å². The minimum absolute atomic E-state index is 0.807. The summed E-state index contributed by atoms with van der Waals surface area (Å²) in [5.74, 6) is 1.70. The molecule has 0 saturated heterocycles. The van der Waals surface area contributed by atoms with Crippen LogP contribution in [0.5, 0.6) is 0 Å². The maximum atomic E-state index is 5.10. The van der Waals surface area contributed by atoms with E-state index in [4.69, 9.17) is 12.2 Å². The Labute approximate surface area is 86.5 Å². The lowest BCUT2D eigenvalue weighted by Crippen LogP contribution is -2.38. The van der Waals surface area contributed by atoms with E-state index in [9.17, 15) is 0 Å². The summed E-state index contributed by atoms with van der Waals surface area (Å²) in [7, 11) is 0. The van der Waals surface area contributed by atoms with Gasteiger partial charge in [0.2, 0.25) is 0 Å².